The maximum atomic E-state index is 10.9. The molecule has 0 aromatic heterocycles. The second kappa shape index (κ2) is 10.0. The van der Waals surface area contributed by atoms with Gasteiger partial charge < -0.3 is 14.7 Å². The first-order chi connectivity index (χ1) is 9.72. The van der Waals surface area contributed by atoms with Crippen molar-refractivity contribution in [2.75, 3.05) is 6.61 Å². The molecule has 1 rings (SSSR count). The summed E-state index contributed by atoms with van der Waals surface area (Å²) in [6.07, 6.45) is 6.77. The highest BCUT2D eigenvalue weighted by molar-refractivity contribution is 5.75. The van der Waals surface area contributed by atoms with Crippen LogP contribution in [0.25, 0.3) is 0 Å². The SMILES string of the molecule is CC(=O)CCc1ccc(OCCCCC/C=N/O)cc1. The van der Waals surface area contributed by atoms with E-state index in [1.54, 1.807) is 6.92 Å². The molecule has 0 aliphatic heterocycles. The third-order valence-corrected chi connectivity index (χ3v) is 3.02. The fraction of sp³-hybridized carbons (Fsp3) is 0.500. The van der Waals surface area contributed by atoms with Crippen molar-refractivity contribution >= 4 is 12.0 Å². The molecule has 0 unspecified atom stereocenters. The molecule has 0 amide bonds. The molecule has 110 valence electrons. The Bertz CT molecular complexity index is 412. The van der Waals surface area contributed by atoms with Crippen LogP contribution >= 0.6 is 0 Å². The summed E-state index contributed by atoms with van der Waals surface area (Å²) in [7, 11) is 0. The quantitative estimate of drug-likeness (QED) is 0.307. The number of carbonyl (C=O) groups is 1. The van der Waals surface area contributed by atoms with Crippen LogP contribution in [0.5, 0.6) is 5.75 Å². The highest BCUT2D eigenvalue weighted by Gasteiger charge is 1.98. The van der Waals surface area contributed by atoms with Gasteiger partial charge in [-0.25, -0.2) is 0 Å². The minimum Gasteiger partial charge on any atom is -0.494 e. The number of aryl methyl sites for hydroxylation is 1. The standard InChI is InChI=1S/C16H23NO3/c1-14(18)6-7-15-8-10-16(11-9-15)20-13-5-3-2-4-12-17-19/h8-12,19H,2-7,13H2,1H3/b17-12+. The molecule has 1 N–H and O–H groups in total. The number of hydrogen-bond acceptors (Lipinski definition) is 4. The summed E-state index contributed by atoms with van der Waals surface area (Å²) >= 11 is 0. The summed E-state index contributed by atoms with van der Waals surface area (Å²) in [5.74, 6) is 1.09. The minimum absolute atomic E-state index is 0.219. The van der Waals surface area contributed by atoms with Crippen LogP contribution in [0.3, 0.4) is 0 Å². The van der Waals surface area contributed by atoms with Gasteiger partial charge in [0, 0.05) is 12.6 Å². The van der Waals surface area contributed by atoms with Crippen LogP contribution in [0.15, 0.2) is 29.4 Å². The second-order valence-corrected chi connectivity index (χ2v) is 4.84. The molecule has 4 heteroatoms. The molecule has 0 atom stereocenters. The number of benzene rings is 1. The molecular weight excluding hydrogens is 254 g/mol. The fourth-order valence-electron chi connectivity index (χ4n) is 1.83. The molecule has 20 heavy (non-hydrogen) atoms. The van der Waals surface area contributed by atoms with Crippen LogP contribution in [0.1, 0.15) is 44.6 Å². The molecule has 1 aromatic rings. The molecule has 0 saturated carbocycles. The Balaban J connectivity index is 2.16. The predicted molar refractivity (Wildman–Crippen MR) is 79.7 cm³/mol. The third kappa shape index (κ3) is 7.56. The summed E-state index contributed by atoms with van der Waals surface area (Å²) in [5, 5.41) is 11.2. The van der Waals surface area contributed by atoms with Gasteiger partial charge in [0.25, 0.3) is 0 Å². The summed E-state index contributed by atoms with van der Waals surface area (Å²) in [4.78, 5) is 10.9. The number of ketones is 1. The first-order valence-electron chi connectivity index (χ1n) is 7.09. The Kier molecular flexibility index (Phi) is 8.11. The Morgan fingerprint density at radius 3 is 2.65 bits per heavy atom. The molecule has 1 aromatic carbocycles. The van der Waals surface area contributed by atoms with Crippen LogP contribution in [0.2, 0.25) is 0 Å². The minimum atomic E-state index is 0.219. The van der Waals surface area contributed by atoms with Crippen molar-refractivity contribution in [2.45, 2.75) is 45.4 Å². The van der Waals surface area contributed by atoms with Crippen molar-refractivity contribution in [1.82, 2.24) is 0 Å². The van der Waals surface area contributed by atoms with Gasteiger partial charge >= 0.3 is 0 Å². The Labute approximate surface area is 120 Å². The van der Waals surface area contributed by atoms with Crippen molar-refractivity contribution in [3.8, 4) is 5.75 Å². The van der Waals surface area contributed by atoms with E-state index in [4.69, 9.17) is 9.94 Å². The first-order valence-corrected chi connectivity index (χ1v) is 7.09. The van der Waals surface area contributed by atoms with E-state index in [9.17, 15) is 4.79 Å². The zero-order chi connectivity index (χ0) is 14.6. The Morgan fingerprint density at radius 1 is 1.25 bits per heavy atom. The fourth-order valence-corrected chi connectivity index (χ4v) is 1.83. The van der Waals surface area contributed by atoms with Crippen LogP contribution < -0.4 is 4.74 Å². The van der Waals surface area contributed by atoms with Crippen molar-refractivity contribution < 1.29 is 14.7 Å². The van der Waals surface area contributed by atoms with E-state index in [1.165, 1.54) is 6.21 Å². The van der Waals surface area contributed by atoms with Gasteiger partial charge in [-0.15, -0.1) is 5.16 Å². The van der Waals surface area contributed by atoms with Gasteiger partial charge in [0.2, 0.25) is 0 Å². The van der Waals surface area contributed by atoms with Gasteiger partial charge in [-0.3, -0.25) is 0 Å². The lowest BCUT2D eigenvalue weighted by atomic mass is 10.1. The average molecular weight is 277 g/mol. The number of nitrogens with zero attached hydrogens (tertiary/aromatic N) is 1. The zero-order valence-corrected chi connectivity index (χ0v) is 12.0. The molecule has 0 heterocycles. The third-order valence-electron chi connectivity index (χ3n) is 3.02. The highest BCUT2D eigenvalue weighted by atomic mass is 16.5. The maximum absolute atomic E-state index is 10.9. The number of unbranched alkanes of at least 4 members (excludes halogenated alkanes) is 3. The van der Waals surface area contributed by atoms with E-state index in [-0.39, 0.29) is 5.78 Å². The summed E-state index contributed by atoms with van der Waals surface area (Å²) in [5.41, 5.74) is 1.16. The summed E-state index contributed by atoms with van der Waals surface area (Å²) in [6.45, 7) is 2.31. The normalized spacial score (nSPS) is 10.8. The van der Waals surface area contributed by atoms with E-state index in [1.807, 2.05) is 24.3 Å². The van der Waals surface area contributed by atoms with Gasteiger partial charge in [-0.2, -0.15) is 0 Å². The zero-order valence-electron chi connectivity index (χ0n) is 12.0. The number of ether oxygens (including phenoxy) is 1. The second-order valence-electron chi connectivity index (χ2n) is 4.84. The number of Topliss-reactive ketones (excluding diaryl/α,β-unsaturated/α-hetero) is 1. The summed E-state index contributed by atoms with van der Waals surface area (Å²) < 4.78 is 5.64. The van der Waals surface area contributed by atoms with Gasteiger partial charge in [0.15, 0.2) is 0 Å². The molecule has 0 radical (unpaired) electrons. The monoisotopic (exact) mass is 277 g/mol. The lowest BCUT2D eigenvalue weighted by Gasteiger charge is -2.06. The highest BCUT2D eigenvalue weighted by Crippen LogP contribution is 2.14. The van der Waals surface area contributed by atoms with E-state index < -0.39 is 0 Å². The molecule has 4 nitrogen and oxygen atoms in total. The number of oxime groups is 1. The average Bonchev–Trinajstić information content (AvgIpc) is 2.45. The van der Waals surface area contributed by atoms with Gasteiger partial charge in [0.05, 0.1) is 6.61 Å². The number of rotatable bonds is 10. The molecule has 0 fully saturated rings. The van der Waals surface area contributed by atoms with Gasteiger partial charge in [-0.1, -0.05) is 12.1 Å². The first kappa shape index (κ1) is 16.2. The van der Waals surface area contributed by atoms with E-state index in [0.29, 0.717) is 13.0 Å². The van der Waals surface area contributed by atoms with Crippen molar-refractivity contribution in [1.29, 1.82) is 0 Å². The maximum Gasteiger partial charge on any atom is 0.130 e. The topological polar surface area (TPSA) is 58.9 Å². The number of carbonyl (C=O) groups excluding carboxylic acids is 1. The number of hydrogen-bond donors (Lipinski definition) is 1. The van der Waals surface area contributed by atoms with Crippen molar-refractivity contribution in [3.05, 3.63) is 29.8 Å². The molecule has 0 bridgehead atoms. The Hall–Kier alpha value is -1.84. The lowest BCUT2D eigenvalue weighted by molar-refractivity contribution is -0.116. The van der Waals surface area contributed by atoms with Crippen LogP contribution in [0, 0.1) is 0 Å². The molecule has 0 aliphatic rings. The molecule has 0 aliphatic carbocycles. The van der Waals surface area contributed by atoms with E-state index >= 15 is 0 Å². The van der Waals surface area contributed by atoms with Crippen LogP contribution in [-0.2, 0) is 11.2 Å². The summed E-state index contributed by atoms with van der Waals surface area (Å²) in [6, 6.07) is 7.92. The van der Waals surface area contributed by atoms with Crippen molar-refractivity contribution in [2.24, 2.45) is 5.16 Å². The largest absolute Gasteiger partial charge is 0.494 e. The smallest absolute Gasteiger partial charge is 0.130 e. The van der Waals surface area contributed by atoms with E-state index in [2.05, 4.69) is 5.16 Å². The Morgan fingerprint density at radius 2 is 2.00 bits per heavy atom. The van der Waals surface area contributed by atoms with Gasteiger partial charge in [0.1, 0.15) is 11.5 Å². The molecular formula is C16H23NO3. The van der Waals surface area contributed by atoms with Crippen molar-refractivity contribution in [3.63, 3.8) is 0 Å². The molecule has 0 spiro atoms. The lowest BCUT2D eigenvalue weighted by Crippen LogP contribution is -1.98. The van der Waals surface area contributed by atoms with Gasteiger partial charge in [-0.05, 0) is 56.7 Å². The molecule has 0 saturated heterocycles. The van der Waals surface area contributed by atoms with E-state index in [0.717, 1.165) is 43.4 Å². The van der Waals surface area contributed by atoms with Crippen LogP contribution in [-0.4, -0.2) is 23.8 Å². The predicted octanol–water partition coefficient (Wildman–Crippen LogP) is 3.61. The van der Waals surface area contributed by atoms with Crippen LogP contribution in [0.4, 0.5) is 0 Å².